The molecule has 3 N–H and O–H groups in total. The number of hydrogen-bond acceptors (Lipinski definition) is 2. The van der Waals surface area contributed by atoms with E-state index in [4.69, 9.17) is 5.11 Å². The molecular formula is C12H24N2O3. The predicted molar refractivity (Wildman–Crippen MR) is 67.0 cm³/mol. The third-order valence-electron chi connectivity index (χ3n) is 2.36. The molecule has 0 unspecified atom stereocenters. The van der Waals surface area contributed by atoms with Crippen LogP contribution in [0.25, 0.3) is 0 Å². The average Bonchev–Trinajstić information content (AvgIpc) is 2.14. The minimum Gasteiger partial charge on any atom is -0.481 e. The lowest BCUT2D eigenvalue weighted by molar-refractivity contribution is -0.138. The Morgan fingerprint density at radius 1 is 1.18 bits per heavy atom. The van der Waals surface area contributed by atoms with E-state index in [0.29, 0.717) is 6.54 Å². The van der Waals surface area contributed by atoms with Crippen LogP contribution < -0.4 is 10.6 Å². The predicted octanol–water partition coefficient (Wildman–Crippen LogP) is 2.12. The molecule has 0 aliphatic rings. The summed E-state index contributed by atoms with van der Waals surface area (Å²) in [6.07, 6.45) is 4.32. The van der Waals surface area contributed by atoms with Gasteiger partial charge in [0.1, 0.15) is 0 Å². The van der Waals surface area contributed by atoms with Gasteiger partial charge in [-0.15, -0.1) is 0 Å². The van der Waals surface area contributed by atoms with Crippen molar-refractivity contribution in [1.82, 2.24) is 10.6 Å². The van der Waals surface area contributed by atoms with Gasteiger partial charge in [0.2, 0.25) is 0 Å². The van der Waals surface area contributed by atoms with E-state index in [0.717, 1.165) is 19.3 Å². The zero-order chi connectivity index (χ0) is 13.3. The molecule has 2 amide bonds. The zero-order valence-corrected chi connectivity index (χ0v) is 11.0. The summed E-state index contributed by atoms with van der Waals surface area (Å²) in [5.74, 6) is -0.918. The largest absolute Gasteiger partial charge is 0.481 e. The molecular weight excluding hydrogens is 220 g/mol. The van der Waals surface area contributed by atoms with Crippen LogP contribution >= 0.6 is 0 Å². The van der Waals surface area contributed by atoms with Crippen LogP contribution in [0.5, 0.6) is 0 Å². The van der Waals surface area contributed by atoms with Crippen LogP contribution in [0.15, 0.2) is 0 Å². The minimum atomic E-state index is -0.918. The molecule has 0 aromatic heterocycles. The van der Waals surface area contributed by atoms with Crippen molar-refractivity contribution >= 4 is 12.0 Å². The third-order valence-corrected chi connectivity index (χ3v) is 2.36. The average molecular weight is 244 g/mol. The lowest BCUT2D eigenvalue weighted by atomic mass is 10.0. The van der Waals surface area contributed by atoms with Crippen LogP contribution in [0, 0.1) is 0 Å². The van der Waals surface area contributed by atoms with E-state index in [1.807, 2.05) is 0 Å². The maximum Gasteiger partial charge on any atom is 0.315 e. The molecule has 0 atom stereocenters. The third kappa shape index (κ3) is 9.66. The Bertz CT molecular complexity index is 252. The van der Waals surface area contributed by atoms with Gasteiger partial charge in [-0.2, -0.15) is 0 Å². The van der Waals surface area contributed by atoms with Gasteiger partial charge in [-0.05, 0) is 20.3 Å². The molecule has 100 valence electrons. The Hall–Kier alpha value is -1.26. The topological polar surface area (TPSA) is 78.4 Å². The highest BCUT2D eigenvalue weighted by atomic mass is 16.4. The molecule has 0 fully saturated rings. The Morgan fingerprint density at radius 2 is 1.82 bits per heavy atom. The summed E-state index contributed by atoms with van der Waals surface area (Å²) in [5, 5.41) is 14.0. The summed E-state index contributed by atoms with van der Waals surface area (Å²) >= 11 is 0. The van der Waals surface area contributed by atoms with Gasteiger partial charge in [-0.1, -0.05) is 26.2 Å². The lowest BCUT2D eigenvalue weighted by Gasteiger charge is -2.24. The Labute approximate surface area is 103 Å². The molecule has 0 aromatic rings. The molecule has 0 rings (SSSR count). The van der Waals surface area contributed by atoms with Crippen LogP contribution in [0.3, 0.4) is 0 Å². The van der Waals surface area contributed by atoms with Gasteiger partial charge in [0.25, 0.3) is 0 Å². The molecule has 0 saturated carbocycles. The minimum absolute atomic E-state index is 0.0870. The van der Waals surface area contributed by atoms with Crippen LogP contribution in [0.2, 0.25) is 0 Å². The molecule has 0 radical (unpaired) electrons. The number of carboxylic acids is 1. The van der Waals surface area contributed by atoms with E-state index >= 15 is 0 Å². The highest BCUT2D eigenvalue weighted by Gasteiger charge is 2.23. The second kappa shape index (κ2) is 7.92. The van der Waals surface area contributed by atoms with Gasteiger partial charge >= 0.3 is 12.0 Å². The summed E-state index contributed by atoms with van der Waals surface area (Å²) in [6, 6.07) is -0.298. The molecule has 0 heterocycles. The molecule has 17 heavy (non-hydrogen) atoms. The second-order valence-corrected chi connectivity index (χ2v) is 4.90. The number of carbonyl (C=O) groups is 2. The Balaban J connectivity index is 3.73. The van der Waals surface area contributed by atoms with Crippen LogP contribution in [-0.2, 0) is 4.79 Å². The second-order valence-electron chi connectivity index (χ2n) is 4.90. The highest BCUT2D eigenvalue weighted by molar-refractivity contribution is 5.76. The maximum absolute atomic E-state index is 11.5. The number of unbranched alkanes of at least 4 members (excludes halogenated alkanes) is 3. The molecule has 0 bridgehead atoms. The summed E-state index contributed by atoms with van der Waals surface area (Å²) in [5.41, 5.74) is -0.723. The van der Waals surface area contributed by atoms with Crippen molar-refractivity contribution in [2.75, 3.05) is 6.54 Å². The van der Waals surface area contributed by atoms with Crippen molar-refractivity contribution in [3.8, 4) is 0 Å². The fourth-order valence-electron chi connectivity index (χ4n) is 1.53. The van der Waals surface area contributed by atoms with E-state index in [1.54, 1.807) is 13.8 Å². The number of carbonyl (C=O) groups excluding carboxylic acids is 1. The summed E-state index contributed by atoms with van der Waals surface area (Å²) in [6.45, 7) is 6.15. The first-order valence-electron chi connectivity index (χ1n) is 6.15. The lowest BCUT2D eigenvalue weighted by Crippen LogP contribution is -2.49. The maximum atomic E-state index is 11.5. The summed E-state index contributed by atoms with van der Waals surface area (Å²) in [4.78, 5) is 22.0. The molecule has 5 heteroatoms. The van der Waals surface area contributed by atoms with Crippen LogP contribution in [0.1, 0.15) is 52.9 Å². The van der Waals surface area contributed by atoms with E-state index in [1.165, 1.54) is 6.42 Å². The smallest absolute Gasteiger partial charge is 0.315 e. The molecule has 0 spiro atoms. The van der Waals surface area contributed by atoms with Crippen LogP contribution in [-0.4, -0.2) is 29.2 Å². The number of amides is 2. The normalized spacial score (nSPS) is 11.0. The number of aliphatic carboxylic acids is 1. The molecule has 0 aliphatic heterocycles. The van der Waals surface area contributed by atoms with Crippen LogP contribution in [0.4, 0.5) is 4.79 Å². The Morgan fingerprint density at radius 3 is 2.35 bits per heavy atom. The zero-order valence-electron chi connectivity index (χ0n) is 11.0. The molecule has 0 aromatic carbocycles. The number of hydrogen-bond donors (Lipinski definition) is 3. The van der Waals surface area contributed by atoms with Crippen molar-refractivity contribution in [3.05, 3.63) is 0 Å². The number of nitrogens with one attached hydrogen (secondary N) is 2. The molecule has 0 aliphatic carbocycles. The van der Waals surface area contributed by atoms with E-state index in [9.17, 15) is 9.59 Å². The van der Waals surface area contributed by atoms with Gasteiger partial charge in [0.05, 0.1) is 6.42 Å². The summed E-state index contributed by atoms with van der Waals surface area (Å²) < 4.78 is 0. The fraction of sp³-hybridized carbons (Fsp3) is 0.833. The van der Waals surface area contributed by atoms with Gasteiger partial charge in [-0.3, -0.25) is 4.79 Å². The van der Waals surface area contributed by atoms with Crippen molar-refractivity contribution < 1.29 is 14.7 Å². The van der Waals surface area contributed by atoms with Gasteiger partial charge in [0.15, 0.2) is 0 Å². The van der Waals surface area contributed by atoms with Crippen molar-refractivity contribution in [3.63, 3.8) is 0 Å². The SMILES string of the molecule is CCCCCCNC(=O)NC(C)(C)CC(=O)O. The van der Waals surface area contributed by atoms with Gasteiger partial charge in [-0.25, -0.2) is 4.79 Å². The molecule has 5 nitrogen and oxygen atoms in total. The fourth-order valence-corrected chi connectivity index (χ4v) is 1.53. The van der Waals surface area contributed by atoms with Gasteiger partial charge in [0, 0.05) is 12.1 Å². The number of rotatable bonds is 8. The van der Waals surface area contributed by atoms with E-state index in [-0.39, 0.29) is 12.5 Å². The first kappa shape index (κ1) is 15.7. The van der Waals surface area contributed by atoms with Gasteiger partial charge < -0.3 is 15.7 Å². The number of urea groups is 1. The standard InChI is InChI=1S/C12H24N2O3/c1-4-5-6-7-8-13-11(17)14-12(2,3)9-10(15)16/h4-9H2,1-3H3,(H,15,16)(H2,13,14,17). The summed E-state index contributed by atoms with van der Waals surface area (Å²) in [7, 11) is 0. The van der Waals surface area contributed by atoms with Crippen molar-refractivity contribution in [1.29, 1.82) is 0 Å². The highest BCUT2D eigenvalue weighted by Crippen LogP contribution is 2.07. The first-order valence-corrected chi connectivity index (χ1v) is 6.15. The van der Waals surface area contributed by atoms with Crippen molar-refractivity contribution in [2.45, 2.75) is 58.4 Å². The first-order chi connectivity index (χ1) is 7.87. The molecule has 0 saturated heterocycles. The Kier molecular flexibility index (Phi) is 7.34. The van der Waals surface area contributed by atoms with E-state index < -0.39 is 11.5 Å². The number of carboxylic acid groups (broad SMARTS) is 1. The van der Waals surface area contributed by atoms with Crippen molar-refractivity contribution in [2.24, 2.45) is 0 Å². The monoisotopic (exact) mass is 244 g/mol. The van der Waals surface area contributed by atoms with E-state index in [2.05, 4.69) is 17.6 Å². The quantitative estimate of drug-likeness (QED) is 0.572.